The maximum atomic E-state index is 5.20. The third-order valence-electron chi connectivity index (χ3n) is 5.18. The van der Waals surface area contributed by atoms with Crippen LogP contribution >= 0.6 is 0 Å². The van der Waals surface area contributed by atoms with E-state index < -0.39 is 0 Å². The van der Waals surface area contributed by atoms with Crippen LogP contribution in [0, 0.1) is 0 Å². The molecule has 2 aromatic rings. The molecular formula is C23H32N4O. The number of rotatable bonds is 7. The van der Waals surface area contributed by atoms with Gasteiger partial charge in [-0.05, 0) is 54.8 Å². The van der Waals surface area contributed by atoms with Crippen LogP contribution in [0.5, 0.6) is 5.75 Å². The fourth-order valence-corrected chi connectivity index (χ4v) is 3.47. The summed E-state index contributed by atoms with van der Waals surface area (Å²) in [6, 6.07) is 17.0. The summed E-state index contributed by atoms with van der Waals surface area (Å²) < 4.78 is 5.20. The molecule has 0 aliphatic carbocycles. The summed E-state index contributed by atoms with van der Waals surface area (Å²) in [6.45, 7) is 5.02. The van der Waals surface area contributed by atoms with E-state index in [1.165, 1.54) is 49.0 Å². The van der Waals surface area contributed by atoms with E-state index in [4.69, 9.17) is 4.74 Å². The third-order valence-corrected chi connectivity index (χ3v) is 5.18. The summed E-state index contributed by atoms with van der Waals surface area (Å²) in [5, 5.41) is 6.73. The van der Waals surface area contributed by atoms with Gasteiger partial charge in [-0.3, -0.25) is 9.89 Å². The standard InChI is InChI=1S/C23H32N4O/c1-24-23(26-17-20-10-12-22(28-2)13-11-20)25-16-19-6-8-21(9-7-19)18-27-14-4-3-5-15-27/h6-13H,3-5,14-18H2,1-2H3,(H2,24,25,26). The molecule has 0 unspecified atom stereocenters. The summed E-state index contributed by atoms with van der Waals surface area (Å²) in [5.41, 5.74) is 3.84. The minimum absolute atomic E-state index is 0.721. The monoisotopic (exact) mass is 380 g/mol. The van der Waals surface area contributed by atoms with Gasteiger partial charge >= 0.3 is 0 Å². The topological polar surface area (TPSA) is 48.9 Å². The SMILES string of the molecule is CN=C(NCc1ccc(CN2CCCCC2)cc1)NCc1ccc(OC)cc1. The maximum absolute atomic E-state index is 5.20. The second kappa shape index (κ2) is 10.7. The number of piperidine rings is 1. The molecule has 0 bridgehead atoms. The lowest BCUT2D eigenvalue weighted by molar-refractivity contribution is 0.221. The second-order valence-electron chi connectivity index (χ2n) is 7.28. The van der Waals surface area contributed by atoms with Crippen molar-refractivity contribution >= 4 is 5.96 Å². The Morgan fingerprint density at radius 3 is 1.93 bits per heavy atom. The van der Waals surface area contributed by atoms with Gasteiger partial charge in [-0.15, -0.1) is 0 Å². The molecule has 0 radical (unpaired) electrons. The fourth-order valence-electron chi connectivity index (χ4n) is 3.47. The van der Waals surface area contributed by atoms with E-state index in [1.54, 1.807) is 14.2 Å². The molecule has 0 amide bonds. The van der Waals surface area contributed by atoms with Crippen molar-refractivity contribution in [2.45, 2.75) is 38.9 Å². The van der Waals surface area contributed by atoms with Gasteiger partial charge in [0, 0.05) is 26.7 Å². The molecule has 28 heavy (non-hydrogen) atoms. The first-order valence-corrected chi connectivity index (χ1v) is 10.1. The number of nitrogens with zero attached hydrogens (tertiary/aromatic N) is 2. The molecular weight excluding hydrogens is 348 g/mol. The molecule has 0 spiro atoms. The Kier molecular flexibility index (Phi) is 7.73. The minimum Gasteiger partial charge on any atom is -0.497 e. The van der Waals surface area contributed by atoms with Crippen LogP contribution in [0.25, 0.3) is 0 Å². The molecule has 5 heteroatoms. The minimum atomic E-state index is 0.721. The van der Waals surface area contributed by atoms with Crippen LogP contribution in [0.1, 0.15) is 36.0 Å². The first-order valence-electron chi connectivity index (χ1n) is 10.1. The van der Waals surface area contributed by atoms with Crippen molar-refractivity contribution in [1.29, 1.82) is 0 Å². The lowest BCUT2D eigenvalue weighted by Crippen LogP contribution is -2.36. The van der Waals surface area contributed by atoms with Crippen LogP contribution in [-0.4, -0.2) is 38.1 Å². The third kappa shape index (κ3) is 6.27. The van der Waals surface area contributed by atoms with Crippen molar-refractivity contribution in [3.63, 3.8) is 0 Å². The van der Waals surface area contributed by atoms with E-state index >= 15 is 0 Å². The van der Waals surface area contributed by atoms with Crippen molar-refractivity contribution in [2.75, 3.05) is 27.2 Å². The summed E-state index contributed by atoms with van der Waals surface area (Å²) in [5.74, 6) is 1.67. The average molecular weight is 381 g/mol. The Balaban J connectivity index is 1.43. The number of likely N-dealkylation sites (tertiary alicyclic amines) is 1. The van der Waals surface area contributed by atoms with E-state index in [-0.39, 0.29) is 0 Å². The number of aliphatic imine (C=N–C) groups is 1. The quantitative estimate of drug-likeness (QED) is 0.570. The molecule has 0 saturated carbocycles. The molecule has 2 N–H and O–H groups in total. The number of hydrogen-bond acceptors (Lipinski definition) is 3. The van der Waals surface area contributed by atoms with Crippen LogP contribution < -0.4 is 15.4 Å². The van der Waals surface area contributed by atoms with Crippen molar-refractivity contribution in [3.05, 3.63) is 65.2 Å². The Hall–Kier alpha value is -2.53. The van der Waals surface area contributed by atoms with Gasteiger partial charge in [0.1, 0.15) is 5.75 Å². The van der Waals surface area contributed by atoms with E-state index in [0.717, 1.165) is 31.3 Å². The van der Waals surface area contributed by atoms with Crippen molar-refractivity contribution < 1.29 is 4.74 Å². The van der Waals surface area contributed by atoms with Crippen LogP contribution in [0.2, 0.25) is 0 Å². The number of ether oxygens (including phenoxy) is 1. The molecule has 3 rings (SSSR count). The Morgan fingerprint density at radius 1 is 0.857 bits per heavy atom. The average Bonchev–Trinajstić information content (AvgIpc) is 2.76. The number of hydrogen-bond donors (Lipinski definition) is 2. The van der Waals surface area contributed by atoms with Gasteiger partial charge in [0.15, 0.2) is 5.96 Å². The molecule has 1 heterocycles. The van der Waals surface area contributed by atoms with Crippen molar-refractivity contribution in [2.24, 2.45) is 4.99 Å². The summed E-state index contributed by atoms with van der Waals surface area (Å²) in [7, 11) is 3.48. The number of methoxy groups -OCH3 is 1. The molecule has 2 aromatic carbocycles. The van der Waals surface area contributed by atoms with Gasteiger partial charge in [0.25, 0.3) is 0 Å². The normalized spacial score (nSPS) is 15.3. The van der Waals surface area contributed by atoms with Gasteiger partial charge in [0.2, 0.25) is 0 Å². The molecule has 1 saturated heterocycles. The Labute approximate surface area is 168 Å². The van der Waals surface area contributed by atoms with Gasteiger partial charge in [-0.2, -0.15) is 0 Å². The van der Waals surface area contributed by atoms with Gasteiger partial charge in [-0.1, -0.05) is 42.8 Å². The number of guanidine groups is 1. The maximum Gasteiger partial charge on any atom is 0.191 e. The van der Waals surface area contributed by atoms with Crippen molar-refractivity contribution in [3.8, 4) is 5.75 Å². The number of nitrogens with one attached hydrogen (secondary N) is 2. The highest BCUT2D eigenvalue weighted by molar-refractivity contribution is 5.79. The second-order valence-corrected chi connectivity index (χ2v) is 7.28. The van der Waals surface area contributed by atoms with Crippen LogP contribution in [0.4, 0.5) is 0 Å². The van der Waals surface area contributed by atoms with Crippen LogP contribution in [0.15, 0.2) is 53.5 Å². The first kappa shape index (κ1) is 20.2. The highest BCUT2D eigenvalue weighted by atomic mass is 16.5. The van der Waals surface area contributed by atoms with E-state index in [1.807, 2.05) is 12.1 Å². The van der Waals surface area contributed by atoms with Gasteiger partial charge in [0.05, 0.1) is 7.11 Å². The van der Waals surface area contributed by atoms with Crippen molar-refractivity contribution in [1.82, 2.24) is 15.5 Å². The molecule has 1 fully saturated rings. The highest BCUT2D eigenvalue weighted by Gasteiger charge is 2.10. The van der Waals surface area contributed by atoms with Gasteiger partial charge < -0.3 is 15.4 Å². The Bertz CT molecular complexity index is 734. The molecule has 1 aliphatic rings. The first-order chi connectivity index (χ1) is 13.8. The van der Waals surface area contributed by atoms with E-state index in [0.29, 0.717) is 0 Å². The fraction of sp³-hybridized carbons (Fsp3) is 0.435. The van der Waals surface area contributed by atoms with E-state index in [2.05, 4.69) is 56.9 Å². The lowest BCUT2D eigenvalue weighted by atomic mass is 10.1. The zero-order valence-corrected chi connectivity index (χ0v) is 17.1. The largest absolute Gasteiger partial charge is 0.497 e. The summed E-state index contributed by atoms with van der Waals surface area (Å²) in [6.07, 6.45) is 4.06. The zero-order valence-electron chi connectivity index (χ0n) is 17.1. The van der Waals surface area contributed by atoms with E-state index in [9.17, 15) is 0 Å². The lowest BCUT2D eigenvalue weighted by Gasteiger charge is -2.26. The smallest absolute Gasteiger partial charge is 0.191 e. The summed E-state index contributed by atoms with van der Waals surface area (Å²) >= 11 is 0. The molecule has 5 nitrogen and oxygen atoms in total. The highest BCUT2D eigenvalue weighted by Crippen LogP contribution is 2.14. The molecule has 0 aromatic heterocycles. The van der Waals surface area contributed by atoms with Crippen LogP contribution in [0.3, 0.4) is 0 Å². The molecule has 150 valence electrons. The van der Waals surface area contributed by atoms with Gasteiger partial charge in [-0.25, -0.2) is 0 Å². The predicted molar refractivity (Wildman–Crippen MR) is 116 cm³/mol. The number of benzene rings is 2. The molecule has 0 atom stereocenters. The molecule has 1 aliphatic heterocycles. The predicted octanol–water partition coefficient (Wildman–Crippen LogP) is 3.55. The summed E-state index contributed by atoms with van der Waals surface area (Å²) in [4.78, 5) is 6.87. The van der Waals surface area contributed by atoms with Crippen LogP contribution in [-0.2, 0) is 19.6 Å². The zero-order chi connectivity index (χ0) is 19.6. The Morgan fingerprint density at radius 2 is 1.39 bits per heavy atom.